The number of nitro groups is 1. The van der Waals surface area contributed by atoms with E-state index in [-0.39, 0.29) is 5.75 Å². The first-order chi connectivity index (χ1) is 11.7. The predicted molar refractivity (Wildman–Crippen MR) is 73.5 cm³/mol. The highest BCUT2D eigenvalue weighted by atomic mass is 19.2. The third-order valence-electron chi connectivity index (χ3n) is 2.89. The number of nitrogens with one attached hydrogen (secondary N) is 1. The Labute approximate surface area is 136 Å². The van der Waals surface area contributed by atoms with E-state index in [1.54, 1.807) is 0 Å². The number of carbonyl (C=O) groups excluding carboxylic acids is 1. The molecule has 0 spiro atoms. The predicted octanol–water partition coefficient (Wildman–Crippen LogP) is 3.31. The number of nitro benzene ring substituents is 1. The quantitative estimate of drug-likeness (QED) is 0.291. The van der Waals surface area contributed by atoms with Crippen molar-refractivity contribution in [3.8, 4) is 5.75 Å². The van der Waals surface area contributed by atoms with Crippen molar-refractivity contribution in [1.82, 2.24) is 0 Å². The standard InChI is InChI=1S/C14H7F5N2O4/c15-9-10(16)12(18)14(13(19)11(9)17)20-8(22)5-25-7-4-2-1-3-6(7)21(23)24/h1-4H,5H2,(H,20,22). The van der Waals surface area contributed by atoms with Crippen LogP contribution in [-0.4, -0.2) is 17.4 Å². The molecule has 0 unspecified atom stereocenters. The van der Waals surface area contributed by atoms with Crippen LogP contribution in [0, 0.1) is 39.2 Å². The maximum atomic E-state index is 13.4. The summed E-state index contributed by atoms with van der Waals surface area (Å²) < 4.78 is 70.6. The number of hydrogen-bond acceptors (Lipinski definition) is 4. The van der Waals surface area contributed by atoms with Crippen molar-refractivity contribution >= 4 is 17.3 Å². The van der Waals surface area contributed by atoms with E-state index in [9.17, 15) is 36.9 Å². The van der Waals surface area contributed by atoms with Gasteiger partial charge in [-0.2, -0.15) is 0 Å². The Morgan fingerprint density at radius 2 is 1.52 bits per heavy atom. The van der Waals surface area contributed by atoms with Gasteiger partial charge in [0.1, 0.15) is 5.69 Å². The second kappa shape index (κ2) is 7.11. The maximum Gasteiger partial charge on any atom is 0.310 e. The van der Waals surface area contributed by atoms with Crippen molar-refractivity contribution < 1.29 is 36.4 Å². The highest BCUT2D eigenvalue weighted by Crippen LogP contribution is 2.28. The highest BCUT2D eigenvalue weighted by molar-refractivity contribution is 5.92. The monoisotopic (exact) mass is 362 g/mol. The van der Waals surface area contributed by atoms with Crippen molar-refractivity contribution in [3.63, 3.8) is 0 Å². The molecule has 0 aromatic heterocycles. The fourth-order valence-electron chi connectivity index (χ4n) is 1.76. The largest absolute Gasteiger partial charge is 0.477 e. The molecule has 0 aliphatic heterocycles. The number of ether oxygens (including phenoxy) is 1. The molecule has 25 heavy (non-hydrogen) atoms. The SMILES string of the molecule is O=C(COc1ccccc1[N+](=O)[O-])Nc1c(F)c(F)c(F)c(F)c1F. The molecular formula is C14H7F5N2O4. The fraction of sp³-hybridized carbons (Fsp3) is 0.0714. The fourth-order valence-corrected chi connectivity index (χ4v) is 1.76. The lowest BCUT2D eigenvalue weighted by atomic mass is 10.2. The van der Waals surface area contributed by atoms with Crippen molar-refractivity contribution in [2.75, 3.05) is 11.9 Å². The molecule has 11 heteroatoms. The zero-order valence-electron chi connectivity index (χ0n) is 12.0. The van der Waals surface area contributed by atoms with Crippen molar-refractivity contribution in [3.05, 3.63) is 63.5 Å². The van der Waals surface area contributed by atoms with E-state index in [0.717, 1.165) is 12.1 Å². The number of anilines is 1. The molecule has 6 nitrogen and oxygen atoms in total. The molecular weight excluding hydrogens is 355 g/mol. The molecule has 1 N–H and O–H groups in total. The number of halogens is 5. The van der Waals surface area contributed by atoms with E-state index in [1.165, 1.54) is 17.4 Å². The minimum absolute atomic E-state index is 0.319. The summed E-state index contributed by atoms with van der Waals surface area (Å²) >= 11 is 0. The minimum atomic E-state index is -2.37. The number of amides is 1. The Hall–Kier alpha value is -3.24. The van der Waals surface area contributed by atoms with Crippen molar-refractivity contribution in [1.29, 1.82) is 0 Å². The Kier molecular flexibility index (Phi) is 5.15. The zero-order chi connectivity index (χ0) is 18.7. The molecule has 0 saturated heterocycles. The van der Waals surface area contributed by atoms with Crippen LogP contribution in [0.2, 0.25) is 0 Å². The van der Waals surface area contributed by atoms with Gasteiger partial charge in [-0.15, -0.1) is 0 Å². The molecule has 132 valence electrons. The number of carbonyl (C=O) groups is 1. The summed E-state index contributed by atoms with van der Waals surface area (Å²) in [6.07, 6.45) is 0. The number of para-hydroxylation sites is 2. The molecule has 0 radical (unpaired) electrons. The van der Waals surface area contributed by atoms with Crippen molar-refractivity contribution in [2.45, 2.75) is 0 Å². The first-order valence-electron chi connectivity index (χ1n) is 6.41. The second-order valence-electron chi connectivity index (χ2n) is 4.51. The van der Waals surface area contributed by atoms with Gasteiger partial charge in [0.05, 0.1) is 4.92 Å². The van der Waals surface area contributed by atoms with Gasteiger partial charge in [0, 0.05) is 6.07 Å². The lowest BCUT2D eigenvalue weighted by Crippen LogP contribution is -2.23. The average Bonchev–Trinajstić information content (AvgIpc) is 2.60. The summed E-state index contributed by atoms with van der Waals surface area (Å²) in [6, 6.07) is 4.94. The molecule has 1 amide bonds. The van der Waals surface area contributed by atoms with Gasteiger partial charge in [-0.05, 0) is 6.07 Å². The van der Waals surface area contributed by atoms with E-state index in [1.807, 2.05) is 0 Å². The first kappa shape index (κ1) is 18.1. The molecule has 0 atom stereocenters. The topological polar surface area (TPSA) is 81.5 Å². The summed E-state index contributed by atoms with van der Waals surface area (Å²) in [4.78, 5) is 21.6. The van der Waals surface area contributed by atoms with Crippen LogP contribution in [0.4, 0.5) is 33.3 Å². The van der Waals surface area contributed by atoms with E-state index in [0.29, 0.717) is 0 Å². The van der Waals surface area contributed by atoms with Gasteiger partial charge in [0.2, 0.25) is 5.82 Å². The summed E-state index contributed by atoms with van der Waals surface area (Å²) in [5, 5.41) is 12.2. The Balaban J connectivity index is 2.16. The van der Waals surface area contributed by atoms with Crippen LogP contribution >= 0.6 is 0 Å². The van der Waals surface area contributed by atoms with Gasteiger partial charge in [-0.3, -0.25) is 14.9 Å². The van der Waals surface area contributed by atoms with Crippen molar-refractivity contribution in [2.24, 2.45) is 0 Å². The first-order valence-corrected chi connectivity index (χ1v) is 6.41. The molecule has 2 aromatic carbocycles. The van der Waals surface area contributed by atoms with Crippen LogP contribution < -0.4 is 10.1 Å². The summed E-state index contributed by atoms with van der Waals surface area (Å²) in [6.45, 7) is -0.968. The molecule has 2 aromatic rings. The van der Waals surface area contributed by atoms with Crippen LogP contribution in [0.3, 0.4) is 0 Å². The highest BCUT2D eigenvalue weighted by Gasteiger charge is 2.27. The van der Waals surface area contributed by atoms with Gasteiger partial charge < -0.3 is 10.1 Å². The molecule has 0 heterocycles. The Morgan fingerprint density at radius 3 is 2.08 bits per heavy atom. The number of rotatable bonds is 5. The van der Waals surface area contributed by atoms with Crippen LogP contribution in [0.25, 0.3) is 0 Å². The number of hydrogen-bond donors (Lipinski definition) is 1. The Bertz CT molecular complexity index is 830. The number of benzene rings is 2. The third kappa shape index (κ3) is 3.65. The van der Waals surface area contributed by atoms with Gasteiger partial charge in [-0.25, -0.2) is 22.0 Å². The van der Waals surface area contributed by atoms with Crippen LogP contribution in [0.5, 0.6) is 5.75 Å². The van der Waals surface area contributed by atoms with E-state index in [2.05, 4.69) is 0 Å². The zero-order valence-corrected chi connectivity index (χ0v) is 12.0. The molecule has 0 bridgehead atoms. The van der Waals surface area contributed by atoms with Crippen LogP contribution in [-0.2, 0) is 4.79 Å². The average molecular weight is 362 g/mol. The van der Waals surface area contributed by atoms with E-state index in [4.69, 9.17) is 4.74 Å². The second-order valence-corrected chi connectivity index (χ2v) is 4.51. The smallest absolute Gasteiger partial charge is 0.310 e. The molecule has 0 fully saturated rings. The molecule has 2 rings (SSSR count). The maximum absolute atomic E-state index is 13.4. The number of nitrogens with zero attached hydrogens (tertiary/aromatic N) is 1. The summed E-state index contributed by atoms with van der Waals surface area (Å²) in [7, 11) is 0. The summed E-state index contributed by atoms with van der Waals surface area (Å²) in [5.41, 5.74) is -2.03. The summed E-state index contributed by atoms with van der Waals surface area (Å²) in [5.74, 6) is -12.9. The lowest BCUT2D eigenvalue weighted by molar-refractivity contribution is -0.385. The molecule has 0 aliphatic carbocycles. The lowest BCUT2D eigenvalue weighted by Gasteiger charge is -2.10. The van der Waals surface area contributed by atoms with Gasteiger partial charge >= 0.3 is 5.69 Å². The van der Waals surface area contributed by atoms with Crippen LogP contribution in [0.1, 0.15) is 0 Å². The van der Waals surface area contributed by atoms with E-state index < -0.39 is 57.9 Å². The van der Waals surface area contributed by atoms with E-state index >= 15 is 0 Å². The van der Waals surface area contributed by atoms with Gasteiger partial charge in [0.25, 0.3) is 5.91 Å². The van der Waals surface area contributed by atoms with Crippen LogP contribution in [0.15, 0.2) is 24.3 Å². The molecule has 0 saturated carbocycles. The molecule has 0 aliphatic rings. The Morgan fingerprint density at radius 1 is 1.00 bits per heavy atom. The van der Waals surface area contributed by atoms with Gasteiger partial charge in [0.15, 0.2) is 35.6 Å². The van der Waals surface area contributed by atoms with Gasteiger partial charge in [-0.1, -0.05) is 12.1 Å². The normalized spacial score (nSPS) is 10.4. The minimum Gasteiger partial charge on any atom is -0.477 e. The third-order valence-corrected chi connectivity index (χ3v) is 2.89.